The molecule has 28 heavy (non-hydrogen) atoms. The summed E-state index contributed by atoms with van der Waals surface area (Å²) in [4.78, 5) is 23.3. The van der Waals surface area contributed by atoms with E-state index in [9.17, 15) is 9.59 Å². The Bertz CT molecular complexity index is 543. The molecular formula is C23H41N3O2. The molecule has 5 heteroatoms. The van der Waals surface area contributed by atoms with Gasteiger partial charge in [0.1, 0.15) is 0 Å². The van der Waals surface area contributed by atoms with Crippen molar-refractivity contribution in [3.63, 3.8) is 0 Å². The third-order valence-corrected chi connectivity index (χ3v) is 4.47. The second kappa shape index (κ2) is 16.1. The maximum Gasteiger partial charge on any atom is 0.234 e. The van der Waals surface area contributed by atoms with Crippen molar-refractivity contribution in [1.82, 2.24) is 10.6 Å². The largest absolute Gasteiger partial charge is 0.352 e. The van der Waals surface area contributed by atoms with E-state index in [-0.39, 0.29) is 24.3 Å². The van der Waals surface area contributed by atoms with E-state index >= 15 is 0 Å². The van der Waals surface area contributed by atoms with Crippen molar-refractivity contribution in [2.24, 2.45) is 17.6 Å². The highest BCUT2D eigenvalue weighted by atomic mass is 16.2. The van der Waals surface area contributed by atoms with Crippen LogP contribution >= 0.6 is 0 Å². The Balaban J connectivity index is 0.00000133. The van der Waals surface area contributed by atoms with Gasteiger partial charge in [0.2, 0.25) is 11.8 Å². The van der Waals surface area contributed by atoms with Crippen LogP contribution in [0.3, 0.4) is 0 Å². The van der Waals surface area contributed by atoms with Gasteiger partial charge < -0.3 is 16.4 Å². The monoisotopic (exact) mass is 391 g/mol. The summed E-state index contributed by atoms with van der Waals surface area (Å²) in [5, 5.41) is 5.77. The van der Waals surface area contributed by atoms with Crippen LogP contribution in [-0.4, -0.2) is 18.4 Å². The van der Waals surface area contributed by atoms with Gasteiger partial charge in [0.05, 0.1) is 6.54 Å². The number of nitrogens with two attached hydrogens (primary N) is 1. The van der Waals surface area contributed by atoms with Gasteiger partial charge in [-0.05, 0) is 29.9 Å². The average Bonchev–Trinajstić information content (AvgIpc) is 2.73. The minimum atomic E-state index is -0.164. The summed E-state index contributed by atoms with van der Waals surface area (Å²) in [6.45, 7) is 11.5. The van der Waals surface area contributed by atoms with Crippen LogP contribution in [0.15, 0.2) is 24.3 Å². The Labute approximate surface area is 171 Å². The van der Waals surface area contributed by atoms with E-state index in [0.29, 0.717) is 19.0 Å². The molecule has 0 saturated heterocycles. The molecule has 0 spiro atoms. The molecule has 1 saturated carbocycles. The summed E-state index contributed by atoms with van der Waals surface area (Å²) in [5.41, 5.74) is 7.33. The molecule has 1 aromatic carbocycles. The van der Waals surface area contributed by atoms with Gasteiger partial charge in [-0.15, -0.1) is 0 Å². The van der Waals surface area contributed by atoms with Gasteiger partial charge in [0, 0.05) is 19.0 Å². The number of benzene rings is 1. The first kappa shape index (κ1) is 26.1. The van der Waals surface area contributed by atoms with Gasteiger partial charge in [-0.2, -0.15) is 0 Å². The molecule has 1 aromatic rings. The Hall–Kier alpha value is -1.88. The fraction of sp³-hybridized carbons (Fsp3) is 0.652. The fourth-order valence-corrected chi connectivity index (χ4v) is 3.05. The van der Waals surface area contributed by atoms with Crippen LogP contribution in [0.5, 0.6) is 0 Å². The highest BCUT2D eigenvalue weighted by Gasteiger charge is 2.24. The van der Waals surface area contributed by atoms with Crippen LogP contribution in [-0.2, 0) is 22.7 Å². The summed E-state index contributed by atoms with van der Waals surface area (Å²) < 4.78 is 0. The van der Waals surface area contributed by atoms with Crippen LogP contribution in [0.2, 0.25) is 0 Å². The van der Waals surface area contributed by atoms with Gasteiger partial charge >= 0.3 is 0 Å². The molecule has 0 radical (unpaired) electrons. The molecule has 1 aliphatic rings. The smallest absolute Gasteiger partial charge is 0.234 e. The highest BCUT2D eigenvalue weighted by Crippen LogP contribution is 2.28. The minimum absolute atomic E-state index is 0.00387. The molecule has 2 amide bonds. The van der Waals surface area contributed by atoms with Gasteiger partial charge in [0.15, 0.2) is 0 Å². The molecule has 4 N–H and O–H groups in total. The van der Waals surface area contributed by atoms with Crippen LogP contribution in [0, 0.1) is 11.8 Å². The molecule has 0 bridgehead atoms. The zero-order chi connectivity index (χ0) is 21.4. The number of nitrogens with one attached hydrogen (secondary N) is 2. The van der Waals surface area contributed by atoms with Crippen molar-refractivity contribution in [2.75, 3.05) is 6.54 Å². The molecule has 0 aliphatic heterocycles. The third-order valence-electron chi connectivity index (χ3n) is 4.47. The van der Waals surface area contributed by atoms with E-state index in [0.717, 1.165) is 30.4 Å². The molecule has 0 aromatic heterocycles. The molecule has 1 fully saturated rings. The first-order valence-electron chi connectivity index (χ1n) is 10.8. The standard InChI is InChI=1S/C18H27N3O2.C3H8.C2H6/c1-13-3-2-4-16(9-13)18(23)21-12-15-7-5-14(6-8-15)11-20-17(22)10-19;1-3-2;1-2/h5-8,13,16H,2-4,9-12,19H2,1H3,(H,20,22)(H,21,23);3H2,1-2H3;1-2H3. The number of rotatable bonds is 6. The van der Waals surface area contributed by atoms with Gasteiger partial charge in [-0.1, -0.05) is 78.1 Å². The Morgan fingerprint density at radius 3 is 1.96 bits per heavy atom. The molecule has 2 rings (SSSR count). The molecule has 2 atom stereocenters. The summed E-state index contributed by atoms with van der Waals surface area (Å²) in [5.74, 6) is 0.839. The lowest BCUT2D eigenvalue weighted by molar-refractivity contribution is -0.126. The summed E-state index contributed by atoms with van der Waals surface area (Å²) >= 11 is 0. The molecular weight excluding hydrogens is 350 g/mol. The SMILES string of the molecule is CC.CC1CCCC(C(=O)NCc2ccc(CNC(=O)CN)cc2)C1.CCC. The van der Waals surface area contributed by atoms with E-state index in [1.165, 1.54) is 12.8 Å². The highest BCUT2D eigenvalue weighted by molar-refractivity contribution is 5.78. The van der Waals surface area contributed by atoms with E-state index in [1.807, 2.05) is 38.1 Å². The maximum absolute atomic E-state index is 12.2. The lowest BCUT2D eigenvalue weighted by Crippen LogP contribution is -2.33. The van der Waals surface area contributed by atoms with Crippen molar-refractivity contribution in [1.29, 1.82) is 0 Å². The summed E-state index contributed by atoms with van der Waals surface area (Å²) in [6, 6.07) is 7.88. The second-order valence-electron chi connectivity index (χ2n) is 7.19. The maximum atomic E-state index is 12.2. The van der Waals surface area contributed by atoms with Gasteiger partial charge in [-0.25, -0.2) is 0 Å². The van der Waals surface area contributed by atoms with Crippen molar-refractivity contribution in [2.45, 2.75) is 79.8 Å². The molecule has 5 nitrogen and oxygen atoms in total. The lowest BCUT2D eigenvalue weighted by atomic mass is 9.82. The molecule has 160 valence electrons. The first-order valence-corrected chi connectivity index (χ1v) is 10.8. The second-order valence-corrected chi connectivity index (χ2v) is 7.19. The third kappa shape index (κ3) is 11.1. The number of hydrogen-bond acceptors (Lipinski definition) is 3. The first-order chi connectivity index (χ1) is 13.5. The van der Waals surface area contributed by atoms with Crippen LogP contribution in [0.25, 0.3) is 0 Å². The van der Waals surface area contributed by atoms with E-state index in [1.54, 1.807) is 0 Å². The van der Waals surface area contributed by atoms with E-state index in [4.69, 9.17) is 5.73 Å². The number of carbonyl (C=O) groups is 2. The quantitative estimate of drug-likeness (QED) is 0.681. The zero-order valence-electron chi connectivity index (χ0n) is 18.5. The summed E-state index contributed by atoms with van der Waals surface area (Å²) in [6.07, 6.45) is 5.66. The topological polar surface area (TPSA) is 84.2 Å². The minimum Gasteiger partial charge on any atom is -0.352 e. The normalized spacial score (nSPS) is 17.9. The molecule has 1 aliphatic carbocycles. The number of carbonyl (C=O) groups excluding carboxylic acids is 2. The van der Waals surface area contributed by atoms with Crippen molar-refractivity contribution < 1.29 is 9.59 Å². The van der Waals surface area contributed by atoms with Crippen LogP contribution in [0.1, 0.15) is 77.8 Å². The number of amides is 2. The Morgan fingerprint density at radius 1 is 1.00 bits per heavy atom. The Kier molecular flexibility index (Phi) is 15.0. The summed E-state index contributed by atoms with van der Waals surface area (Å²) in [7, 11) is 0. The fourth-order valence-electron chi connectivity index (χ4n) is 3.05. The molecule has 2 unspecified atom stereocenters. The van der Waals surface area contributed by atoms with Crippen molar-refractivity contribution in [3.05, 3.63) is 35.4 Å². The lowest BCUT2D eigenvalue weighted by Gasteiger charge is -2.25. The average molecular weight is 392 g/mol. The van der Waals surface area contributed by atoms with Crippen LogP contribution < -0.4 is 16.4 Å². The van der Waals surface area contributed by atoms with Crippen LogP contribution in [0.4, 0.5) is 0 Å². The number of hydrogen-bond donors (Lipinski definition) is 3. The van der Waals surface area contributed by atoms with Gasteiger partial charge in [0.25, 0.3) is 0 Å². The van der Waals surface area contributed by atoms with E-state index in [2.05, 4.69) is 31.4 Å². The van der Waals surface area contributed by atoms with Crippen molar-refractivity contribution in [3.8, 4) is 0 Å². The Morgan fingerprint density at radius 2 is 1.50 bits per heavy atom. The predicted molar refractivity (Wildman–Crippen MR) is 118 cm³/mol. The van der Waals surface area contributed by atoms with E-state index < -0.39 is 0 Å². The van der Waals surface area contributed by atoms with Gasteiger partial charge in [-0.3, -0.25) is 9.59 Å². The van der Waals surface area contributed by atoms with Crippen molar-refractivity contribution >= 4 is 11.8 Å². The predicted octanol–water partition coefficient (Wildman–Crippen LogP) is 4.15. The molecule has 0 heterocycles. The zero-order valence-corrected chi connectivity index (χ0v) is 18.5.